The van der Waals surface area contributed by atoms with E-state index in [1.807, 2.05) is 20.9 Å². The van der Waals surface area contributed by atoms with Crippen molar-refractivity contribution < 1.29 is 4.74 Å². The average molecular weight is 147 g/mol. The van der Waals surface area contributed by atoms with E-state index in [2.05, 4.69) is 12.2 Å². The quantitative estimate of drug-likeness (QED) is 0.653. The van der Waals surface area contributed by atoms with Crippen LogP contribution < -0.4 is 5.32 Å². The highest BCUT2D eigenvalue weighted by molar-refractivity contribution is 4.54. The van der Waals surface area contributed by atoms with Gasteiger partial charge in [0.25, 0.3) is 0 Å². The highest BCUT2D eigenvalue weighted by Crippen LogP contribution is 1.91. The number of hydrogen-bond acceptors (Lipinski definition) is 2. The van der Waals surface area contributed by atoms with Crippen molar-refractivity contribution in [1.82, 2.24) is 5.32 Å². The third-order valence-corrected chi connectivity index (χ3v) is 1.22. The summed E-state index contributed by atoms with van der Waals surface area (Å²) in [6.45, 7) is 7.07. The highest BCUT2D eigenvalue weighted by atomic mass is 16.5. The van der Waals surface area contributed by atoms with Crippen LogP contribution in [0.5, 0.6) is 0 Å². The zero-order valence-corrected chi connectivity index (χ0v) is 7.90. The van der Waals surface area contributed by atoms with Crippen LogP contribution in [0.3, 0.4) is 0 Å². The van der Waals surface area contributed by atoms with E-state index in [-0.39, 0.29) is 0 Å². The molecule has 0 aliphatic carbocycles. The van der Waals surface area contributed by atoms with Gasteiger partial charge < -0.3 is 10.1 Å². The van der Waals surface area contributed by atoms with E-state index in [9.17, 15) is 0 Å². The van der Waals surface area contributed by atoms with Crippen LogP contribution in [0, 0.1) is 0 Å². The minimum Gasteiger partial charge on any atom is -0.380 e. The molecular weight excluding hydrogens is 126 g/mol. The Morgan fingerprint density at radius 3 is 2.00 bits per heavy atom. The number of hydrogen-bond donors (Lipinski definition) is 1. The molecule has 0 heterocycles. The van der Waals surface area contributed by atoms with Crippen LogP contribution in [-0.4, -0.2) is 26.8 Å². The molecule has 0 aliphatic heterocycles. The summed E-state index contributed by atoms with van der Waals surface area (Å²) < 4.78 is 5.08. The van der Waals surface area contributed by atoms with E-state index in [4.69, 9.17) is 4.74 Å². The summed E-state index contributed by atoms with van der Waals surface area (Å²) in [5, 5.41) is 3.04. The summed E-state index contributed by atoms with van der Waals surface area (Å²) in [7, 11) is 3.67. The van der Waals surface area contributed by atoms with E-state index in [0.29, 0.717) is 6.10 Å². The van der Waals surface area contributed by atoms with E-state index in [1.54, 1.807) is 7.11 Å². The Bertz CT molecular complexity index is 44.5. The van der Waals surface area contributed by atoms with Crippen molar-refractivity contribution in [3.05, 3.63) is 0 Å². The fourth-order valence-electron chi connectivity index (χ4n) is 0.622. The van der Waals surface area contributed by atoms with Gasteiger partial charge in [-0.1, -0.05) is 20.8 Å². The Balaban J connectivity index is 0. The first-order valence-corrected chi connectivity index (χ1v) is 4.02. The van der Waals surface area contributed by atoms with Gasteiger partial charge in [0.1, 0.15) is 0 Å². The third-order valence-electron chi connectivity index (χ3n) is 1.22. The molecule has 1 N–H and O–H groups in total. The van der Waals surface area contributed by atoms with Crippen LogP contribution in [0.2, 0.25) is 0 Å². The van der Waals surface area contributed by atoms with Crippen molar-refractivity contribution in [2.24, 2.45) is 0 Å². The Hall–Kier alpha value is -0.0800. The lowest BCUT2D eigenvalue weighted by Gasteiger charge is -2.10. The van der Waals surface area contributed by atoms with Crippen LogP contribution in [-0.2, 0) is 4.74 Å². The molecule has 64 valence electrons. The fourth-order valence-corrected chi connectivity index (χ4v) is 0.622. The average Bonchev–Trinajstić information content (AvgIpc) is 2.04. The van der Waals surface area contributed by atoms with Gasteiger partial charge in [0.15, 0.2) is 0 Å². The van der Waals surface area contributed by atoms with Crippen LogP contribution >= 0.6 is 0 Å². The largest absolute Gasteiger partial charge is 0.380 e. The number of methoxy groups -OCH3 is 1. The summed E-state index contributed by atoms with van der Waals surface area (Å²) in [5.41, 5.74) is 0. The predicted octanol–water partition coefficient (Wildman–Crippen LogP) is 1.66. The summed E-state index contributed by atoms with van der Waals surface area (Å²) in [6.07, 6.45) is 1.47. The van der Waals surface area contributed by atoms with E-state index in [0.717, 1.165) is 13.0 Å². The number of nitrogens with one attached hydrogen (secondary N) is 1. The highest BCUT2D eigenvalue weighted by Gasteiger charge is 1.98. The van der Waals surface area contributed by atoms with Crippen molar-refractivity contribution in [2.75, 3.05) is 20.7 Å². The van der Waals surface area contributed by atoms with E-state index in [1.165, 1.54) is 0 Å². The molecule has 1 unspecified atom stereocenters. The third kappa shape index (κ3) is 7.92. The zero-order chi connectivity index (χ0) is 8.41. The van der Waals surface area contributed by atoms with Gasteiger partial charge in [-0.15, -0.1) is 0 Å². The molecule has 1 atom stereocenters. The first-order valence-electron chi connectivity index (χ1n) is 4.02. The van der Waals surface area contributed by atoms with Gasteiger partial charge in [0.05, 0.1) is 6.10 Å². The number of likely N-dealkylation sites (N-methyl/N-ethyl adjacent to an activating group) is 1. The molecule has 0 fully saturated rings. The molecule has 0 saturated heterocycles. The molecule has 2 nitrogen and oxygen atoms in total. The van der Waals surface area contributed by atoms with Crippen LogP contribution in [0.15, 0.2) is 0 Å². The second-order valence-corrected chi connectivity index (χ2v) is 1.82. The number of rotatable bonds is 4. The normalized spacial score (nSPS) is 11.7. The lowest BCUT2D eigenvalue weighted by Crippen LogP contribution is -2.24. The summed E-state index contributed by atoms with van der Waals surface area (Å²) in [4.78, 5) is 0. The lowest BCUT2D eigenvalue weighted by molar-refractivity contribution is 0.100. The Morgan fingerprint density at radius 1 is 1.40 bits per heavy atom. The van der Waals surface area contributed by atoms with Crippen molar-refractivity contribution in [1.29, 1.82) is 0 Å². The molecular formula is C8H21NO. The van der Waals surface area contributed by atoms with Gasteiger partial charge in [-0.3, -0.25) is 0 Å². The molecule has 2 heteroatoms. The van der Waals surface area contributed by atoms with Gasteiger partial charge in [-0.2, -0.15) is 0 Å². The molecule has 0 spiro atoms. The maximum Gasteiger partial charge on any atom is 0.0692 e. The van der Waals surface area contributed by atoms with Crippen LogP contribution in [0.25, 0.3) is 0 Å². The standard InChI is InChI=1S/C6H15NO.C2H6/c1-4-6(8-3)5-7-2;1-2/h6-7H,4-5H2,1-3H3;1-2H3. The monoisotopic (exact) mass is 147 g/mol. The molecule has 0 aromatic rings. The Kier molecular flexibility index (Phi) is 14.7. The summed E-state index contributed by atoms with van der Waals surface area (Å²) in [5.74, 6) is 0. The Morgan fingerprint density at radius 2 is 1.90 bits per heavy atom. The predicted molar refractivity (Wildman–Crippen MR) is 46.4 cm³/mol. The number of ether oxygens (including phenoxy) is 1. The van der Waals surface area contributed by atoms with Crippen LogP contribution in [0.4, 0.5) is 0 Å². The molecule has 0 aromatic heterocycles. The molecule has 0 aliphatic rings. The molecule has 0 rings (SSSR count). The SMILES string of the molecule is CC.CCC(CNC)OC. The maximum atomic E-state index is 5.08. The molecule has 0 radical (unpaired) electrons. The van der Waals surface area contributed by atoms with Crippen molar-refractivity contribution in [3.8, 4) is 0 Å². The van der Waals surface area contributed by atoms with Gasteiger partial charge in [-0.25, -0.2) is 0 Å². The molecule has 0 saturated carbocycles. The summed E-state index contributed by atoms with van der Waals surface area (Å²) in [6, 6.07) is 0. The fraction of sp³-hybridized carbons (Fsp3) is 1.00. The molecule has 0 amide bonds. The van der Waals surface area contributed by atoms with Crippen molar-refractivity contribution in [2.45, 2.75) is 33.3 Å². The molecule has 10 heavy (non-hydrogen) atoms. The van der Waals surface area contributed by atoms with Gasteiger partial charge in [0, 0.05) is 13.7 Å². The second-order valence-electron chi connectivity index (χ2n) is 1.82. The first kappa shape index (κ1) is 12.6. The molecule has 0 aromatic carbocycles. The van der Waals surface area contributed by atoms with Crippen molar-refractivity contribution in [3.63, 3.8) is 0 Å². The Labute approximate surface area is 65.0 Å². The van der Waals surface area contributed by atoms with Crippen molar-refractivity contribution >= 4 is 0 Å². The van der Waals surface area contributed by atoms with Gasteiger partial charge in [-0.05, 0) is 13.5 Å². The maximum absolute atomic E-state index is 5.08. The topological polar surface area (TPSA) is 21.3 Å². The van der Waals surface area contributed by atoms with E-state index < -0.39 is 0 Å². The minimum absolute atomic E-state index is 0.389. The summed E-state index contributed by atoms with van der Waals surface area (Å²) >= 11 is 0. The minimum atomic E-state index is 0.389. The molecule has 0 bridgehead atoms. The van der Waals surface area contributed by atoms with Gasteiger partial charge >= 0.3 is 0 Å². The van der Waals surface area contributed by atoms with E-state index >= 15 is 0 Å². The van der Waals surface area contributed by atoms with Gasteiger partial charge in [0.2, 0.25) is 0 Å². The smallest absolute Gasteiger partial charge is 0.0692 e. The van der Waals surface area contributed by atoms with Crippen LogP contribution in [0.1, 0.15) is 27.2 Å². The second kappa shape index (κ2) is 11.7. The first-order chi connectivity index (χ1) is 4.85. The lowest BCUT2D eigenvalue weighted by atomic mass is 10.3. The zero-order valence-electron chi connectivity index (χ0n) is 7.90.